The number of thiazole rings is 1. The van der Waals surface area contributed by atoms with Crippen LogP contribution < -0.4 is 15.8 Å². The summed E-state index contributed by atoms with van der Waals surface area (Å²) in [6.45, 7) is 4.21. The van der Waals surface area contributed by atoms with Crippen molar-refractivity contribution < 1.29 is 4.74 Å². The van der Waals surface area contributed by atoms with Crippen molar-refractivity contribution in [3.05, 3.63) is 52.9 Å². The molecule has 0 radical (unpaired) electrons. The Morgan fingerprint density at radius 3 is 2.61 bits per heavy atom. The number of hydrogen-bond donors (Lipinski definition) is 2. The van der Waals surface area contributed by atoms with Crippen molar-refractivity contribution >= 4 is 27.8 Å². The zero-order valence-corrected chi connectivity index (χ0v) is 14.2. The number of ether oxygens (including phenoxy) is 1. The minimum absolute atomic E-state index is 0.613. The number of benzene rings is 2. The second-order valence-electron chi connectivity index (χ2n) is 5.42. The minimum Gasteiger partial charge on any atom is -0.495 e. The number of aryl methyl sites for hydroxylation is 2. The first-order valence-corrected chi connectivity index (χ1v) is 8.18. The molecule has 0 atom stereocenters. The third-order valence-electron chi connectivity index (χ3n) is 3.79. The van der Waals surface area contributed by atoms with Crippen LogP contribution in [0.4, 0.5) is 16.5 Å². The first kappa shape index (κ1) is 15.4. The van der Waals surface area contributed by atoms with Gasteiger partial charge in [-0.2, -0.15) is 0 Å². The number of nitrogens with zero attached hydrogens (tertiary/aromatic N) is 1. The Balaban J connectivity index is 1.82. The van der Waals surface area contributed by atoms with Gasteiger partial charge in [0.15, 0.2) is 5.13 Å². The summed E-state index contributed by atoms with van der Waals surface area (Å²) in [6, 6.07) is 12.0. The van der Waals surface area contributed by atoms with Gasteiger partial charge in [-0.05, 0) is 55.3 Å². The summed E-state index contributed by atoms with van der Waals surface area (Å²) in [6.07, 6.45) is 0. The molecule has 0 unspecified atom stereocenters. The molecule has 23 heavy (non-hydrogen) atoms. The molecule has 0 aliphatic heterocycles. The monoisotopic (exact) mass is 325 g/mol. The van der Waals surface area contributed by atoms with Gasteiger partial charge >= 0.3 is 0 Å². The second-order valence-corrected chi connectivity index (χ2v) is 6.28. The maximum atomic E-state index is 5.97. The van der Waals surface area contributed by atoms with Gasteiger partial charge in [-0.3, -0.25) is 0 Å². The molecule has 2 aromatic carbocycles. The van der Waals surface area contributed by atoms with E-state index in [0.717, 1.165) is 22.1 Å². The van der Waals surface area contributed by atoms with Crippen LogP contribution in [0.2, 0.25) is 0 Å². The Bertz CT molecular complexity index is 842. The second kappa shape index (κ2) is 6.30. The molecule has 3 N–H and O–H groups in total. The average Bonchev–Trinajstić information content (AvgIpc) is 2.99. The molecular formula is C18H19N3OS. The van der Waals surface area contributed by atoms with Gasteiger partial charge in [0.2, 0.25) is 0 Å². The summed E-state index contributed by atoms with van der Waals surface area (Å²) in [5.74, 6) is 0.678. The maximum Gasteiger partial charge on any atom is 0.187 e. The standard InChI is InChI=1S/C18H19N3OS/c1-11-4-6-14(8-12(11)2)20-18-21-16(10-23-18)13-5-7-17(22-3)15(19)9-13/h4-10H,19H2,1-3H3,(H,20,21). The van der Waals surface area contributed by atoms with E-state index in [1.807, 2.05) is 23.6 Å². The summed E-state index contributed by atoms with van der Waals surface area (Å²) in [7, 11) is 1.61. The number of methoxy groups -OCH3 is 1. The lowest BCUT2D eigenvalue weighted by Crippen LogP contribution is -1.93. The fourth-order valence-corrected chi connectivity index (χ4v) is 3.04. The summed E-state index contributed by atoms with van der Waals surface area (Å²) in [4.78, 5) is 4.64. The van der Waals surface area contributed by atoms with Crippen molar-refractivity contribution in [3.8, 4) is 17.0 Å². The minimum atomic E-state index is 0.613. The van der Waals surface area contributed by atoms with Gasteiger partial charge in [0, 0.05) is 16.6 Å². The zero-order valence-electron chi connectivity index (χ0n) is 13.4. The number of rotatable bonds is 4. The van der Waals surface area contributed by atoms with Gasteiger partial charge < -0.3 is 15.8 Å². The highest BCUT2D eigenvalue weighted by Crippen LogP contribution is 2.31. The lowest BCUT2D eigenvalue weighted by Gasteiger charge is -2.06. The highest BCUT2D eigenvalue weighted by molar-refractivity contribution is 7.14. The van der Waals surface area contributed by atoms with E-state index in [2.05, 4.69) is 42.3 Å². The summed E-state index contributed by atoms with van der Waals surface area (Å²) in [5, 5.41) is 6.23. The largest absolute Gasteiger partial charge is 0.495 e. The van der Waals surface area contributed by atoms with E-state index in [4.69, 9.17) is 10.5 Å². The third kappa shape index (κ3) is 3.29. The molecule has 3 rings (SSSR count). The van der Waals surface area contributed by atoms with E-state index in [1.54, 1.807) is 18.4 Å². The third-order valence-corrected chi connectivity index (χ3v) is 4.55. The van der Waals surface area contributed by atoms with E-state index in [0.29, 0.717) is 11.4 Å². The highest BCUT2D eigenvalue weighted by Gasteiger charge is 2.08. The van der Waals surface area contributed by atoms with Crippen LogP contribution in [0.3, 0.4) is 0 Å². The van der Waals surface area contributed by atoms with Crippen molar-refractivity contribution in [1.29, 1.82) is 0 Å². The van der Waals surface area contributed by atoms with E-state index >= 15 is 0 Å². The summed E-state index contributed by atoms with van der Waals surface area (Å²) >= 11 is 1.57. The maximum absolute atomic E-state index is 5.97. The Kier molecular flexibility index (Phi) is 4.21. The Morgan fingerprint density at radius 2 is 1.91 bits per heavy atom. The van der Waals surface area contributed by atoms with Crippen LogP contribution in [0.15, 0.2) is 41.8 Å². The highest BCUT2D eigenvalue weighted by atomic mass is 32.1. The Labute approximate surface area is 140 Å². The molecule has 1 aromatic heterocycles. The van der Waals surface area contributed by atoms with Gasteiger partial charge in [0.1, 0.15) is 5.75 Å². The first-order chi connectivity index (χ1) is 11.1. The van der Waals surface area contributed by atoms with Crippen LogP contribution in [0.25, 0.3) is 11.3 Å². The molecular weight excluding hydrogens is 306 g/mol. The van der Waals surface area contributed by atoms with Crippen molar-refractivity contribution in [2.75, 3.05) is 18.2 Å². The van der Waals surface area contributed by atoms with Crippen molar-refractivity contribution in [2.24, 2.45) is 0 Å². The summed E-state index contributed by atoms with van der Waals surface area (Å²) in [5.41, 5.74) is 12.0. The molecule has 1 heterocycles. The van der Waals surface area contributed by atoms with Crippen LogP contribution >= 0.6 is 11.3 Å². The lowest BCUT2D eigenvalue weighted by molar-refractivity contribution is 0.417. The van der Waals surface area contributed by atoms with Gasteiger partial charge in [-0.1, -0.05) is 6.07 Å². The van der Waals surface area contributed by atoms with Crippen LogP contribution in [-0.4, -0.2) is 12.1 Å². The molecule has 0 saturated heterocycles. The normalized spacial score (nSPS) is 10.6. The van der Waals surface area contributed by atoms with Crippen LogP contribution in [-0.2, 0) is 0 Å². The molecule has 0 bridgehead atoms. The van der Waals surface area contributed by atoms with Gasteiger partial charge in [0.25, 0.3) is 0 Å². The molecule has 4 nitrogen and oxygen atoms in total. The SMILES string of the molecule is COc1ccc(-c2csc(Nc3ccc(C)c(C)c3)n2)cc1N. The number of nitrogens with two attached hydrogens (primary N) is 1. The van der Waals surface area contributed by atoms with Crippen LogP contribution in [0.5, 0.6) is 5.75 Å². The fourth-order valence-electron chi connectivity index (χ4n) is 2.30. The first-order valence-electron chi connectivity index (χ1n) is 7.30. The molecule has 118 valence electrons. The average molecular weight is 325 g/mol. The molecule has 3 aromatic rings. The predicted molar refractivity (Wildman–Crippen MR) is 97.7 cm³/mol. The molecule has 0 fully saturated rings. The van der Waals surface area contributed by atoms with E-state index in [1.165, 1.54) is 11.1 Å². The van der Waals surface area contributed by atoms with Crippen molar-refractivity contribution in [1.82, 2.24) is 4.98 Å². The van der Waals surface area contributed by atoms with Crippen LogP contribution in [0, 0.1) is 13.8 Å². The van der Waals surface area contributed by atoms with Crippen LogP contribution in [0.1, 0.15) is 11.1 Å². The van der Waals surface area contributed by atoms with Gasteiger partial charge in [-0.25, -0.2) is 4.98 Å². The number of hydrogen-bond acceptors (Lipinski definition) is 5. The van der Waals surface area contributed by atoms with Crippen molar-refractivity contribution in [3.63, 3.8) is 0 Å². The fraction of sp³-hybridized carbons (Fsp3) is 0.167. The number of nitrogens with one attached hydrogen (secondary N) is 1. The van der Waals surface area contributed by atoms with E-state index < -0.39 is 0 Å². The quantitative estimate of drug-likeness (QED) is 0.679. The topological polar surface area (TPSA) is 60.2 Å². The zero-order chi connectivity index (χ0) is 16.4. The Hall–Kier alpha value is -2.53. The number of aromatic nitrogens is 1. The molecule has 0 aliphatic rings. The van der Waals surface area contributed by atoms with Gasteiger partial charge in [-0.15, -0.1) is 11.3 Å². The Morgan fingerprint density at radius 1 is 1.09 bits per heavy atom. The molecule has 0 saturated carbocycles. The smallest absolute Gasteiger partial charge is 0.187 e. The van der Waals surface area contributed by atoms with E-state index in [-0.39, 0.29) is 0 Å². The summed E-state index contributed by atoms with van der Waals surface area (Å²) < 4.78 is 5.19. The molecule has 0 aliphatic carbocycles. The molecule has 0 spiro atoms. The number of anilines is 3. The molecule has 0 amide bonds. The number of nitrogen functional groups attached to an aromatic ring is 1. The lowest BCUT2D eigenvalue weighted by atomic mass is 10.1. The van der Waals surface area contributed by atoms with Crippen molar-refractivity contribution in [2.45, 2.75) is 13.8 Å². The molecule has 5 heteroatoms. The van der Waals surface area contributed by atoms with E-state index in [9.17, 15) is 0 Å². The predicted octanol–water partition coefficient (Wildman–Crippen LogP) is 4.76. The van der Waals surface area contributed by atoms with Gasteiger partial charge in [0.05, 0.1) is 18.5 Å².